The third-order valence-corrected chi connectivity index (χ3v) is 2.97. The summed E-state index contributed by atoms with van der Waals surface area (Å²) in [6.07, 6.45) is 0. The van der Waals surface area contributed by atoms with E-state index in [0.717, 1.165) is 4.47 Å². The lowest BCUT2D eigenvalue weighted by Gasteiger charge is -2.11. The predicted octanol–water partition coefficient (Wildman–Crippen LogP) is 0.269. The van der Waals surface area contributed by atoms with E-state index in [1.165, 1.54) is 7.11 Å². The first-order valence-electron chi connectivity index (χ1n) is 6.10. The van der Waals surface area contributed by atoms with Crippen molar-refractivity contribution in [3.05, 3.63) is 34.3 Å². The van der Waals surface area contributed by atoms with Crippen LogP contribution in [0.4, 0.5) is 0 Å². The van der Waals surface area contributed by atoms with Crippen molar-refractivity contribution in [3.63, 3.8) is 0 Å². The van der Waals surface area contributed by atoms with Gasteiger partial charge in [-0.3, -0.25) is 9.59 Å². The van der Waals surface area contributed by atoms with E-state index in [1.807, 2.05) is 6.07 Å². The fourth-order valence-electron chi connectivity index (χ4n) is 1.48. The Labute approximate surface area is 126 Å². The van der Waals surface area contributed by atoms with Crippen molar-refractivity contribution in [2.75, 3.05) is 26.8 Å². The molecule has 0 aliphatic carbocycles. The van der Waals surface area contributed by atoms with Gasteiger partial charge in [0, 0.05) is 30.2 Å². The lowest BCUT2D eigenvalue weighted by molar-refractivity contribution is -0.123. The Morgan fingerprint density at radius 3 is 2.70 bits per heavy atom. The normalized spacial score (nSPS) is 11.8. The van der Waals surface area contributed by atoms with Gasteiger partial charge in [-0.05, 0) is 18.2 Å². The fourth-order valence-corrected chi connectivity index (χ4v) is 1.88. The number of methoxy groups -OCH3 is 1. The number of nitrogens with two attached hydrogens (primary N) is 1. The van der Waals surface area contributed by atoms with Crippen LogP contribution in [0.2, 0.25) is 0 Å². The number of carbonyl (C=O) groups excluding carboxylic acids is 2. The molecule has 1 rings (SSSR count). The zero-order valence-corrected chi connectivity index (χ0v) is 12.8. The third-order valence-electron chi connectivity index (χ3n) is 2.48. The van der Waals surface area contributed by atoms with Crippen LogP contribution in [0.1, 0.15) is 10.4 Å². The molecule has 0 bridgehead atoms. The highest BCUT2D eigenvalue weighted by molar-refractivity contribution is 9.10. The van der Waals surface area contributed by atoms with E-state index in [-0.39, 0.29) is 18.4 Å². The maximum absolute atomic E-state index is 11.8. The molecule has 110 valence electrons. The van der Waals surface area contributed by atoms with Crippen LogP contribution in [-0.2, 0) is 9.53 Å². The number of rotatable bonds is 7. The molecule has 0 heterocycles. The van der Waals surface area contributed by atoms with Gasteiger partial charge in [-0.1, -0.05) is 22.0 Å². The first-order valence-corrected chi connectivity index (χ1v) is 6.90. The van der Waals surface area contributed by atoms with E-state index in [1.54, 1.807) is 18.2 Å². The molecular weight excluding hydrogens is 326 g/mol. The Morgan fingerprint density at radius 2 is 2.05 bits per heavy atom. The highest BCUT2D eigenvalue weighted by Crippen LogP contribution is 2.11. The number of ether oxygens (including phenoxy) is 1. The van der Waals surface area contributed by atoms with Crippen molar-refractivity contribution < 1.29 is 14.3 Å². The molecule has 7 heteroatoms. The van der Waals surface area contributed by atoms with Gasteiger partial charge in [-0.15, -0.1) is 0 Å². The van der Waals surface area contributed by atoms with Gasteiger partial charge < -0.3 is 21.1 Å². The van der Waals surface area contributed by atoms with Gasteiger partial charge in [-0.2, -0.15) is 0 Å². The molecule has 20 heavy (non-hydrogen) atoms. The smallest absolute Gasteiger partial charge is 0.251 e. The average molecular weight is 344 g/mol. The highest BCUT2D eigenvalue weighted by Gasteiger charge is 2.12. The van der Waals surface area contributed by atoms with E-state index in [0.29, 0.717) is 18.7 Å². The summed E-state index contributed by atoms with van der Waals surface area (Å²) in [7, 11) is 1.48. The summed E-state index contributed by atoms with van der Waals surface area (Å²) in [4.78, 5) is 23.2. The Balaban J connectivity index is 2.27. The first-order chi connectivity index (χ1) is 9.54. The number of amides is 2. The van der Waals surface area contributed by atoms with Gasteiger partial charge in [0.2, 0.25) is 5.91 Å². The van der Waals surface area contributed by atoms with Crippen LogP contribution in [0.15, 0.2) is 28.7 Å². The maximum Gasteiger partial charge on any atom is 0.251 e. The van der Waals surface area contributed by atoms with Gasteiger partial charge >= 0.3 is 0 Å². The zero-order chi connectivity index (χ0) is 15.0. The quantitative estimate of drug-likeness (QED) is 0.619. The van der Waals surface area contributed by atoms with E-state index in [9.17, 15) is 9.59 Å². The molecule has 0 saturated heterocycles. The number of carbonyl (C=O) groups is 2. The summed E-state index contributed by atoms with van der Waals surface area (Å²) in [5.41, 5.74) is 6.11. The van der Waals surface area contributed by atoms with Crippen molar-refractivity contribution >= 4 is 27.7 Å². The molecule has 0 aliphatic rings. The van der Waals surface area contributed by atoms with Gasteiger partial charge in [0.15, 0.2) is 0 Å². The lowest BCUT2D eigenvalue weighted by atomic mass is 10.2. The van der Waals surface area contributed by atoms with Gasteiger partial charge in [0.1, 0.15) is 6.04 Å². The van der Waals surface area contributed by atoms with Crippen molar-refractivity contribution in [1.29, 1.82) is 0 Å². The molecule has 0 saturated carbocycles. The Bertz CT molecular complexity index is 468. The van der Waals surface area contributed by atoms with Crippen LogP contribution in [0.3, 0.4) is 0 Å². The summed E-state index contributed by atoms with van der Waals surface area (Å²) in [5, 5.41) is 5.32. The minimum Gasteiger partial charge on any atom is -0.383 e. The summed E-state index contributed by atoms with van der Waals surface area (Å²) in [6, 6.07) is 6.37. The fraction of sp³-hybridized carbons (Fsp3) is 0.385. The number of hydrogen-bond donors (Lipinski definition) is 3. The number of benzene rings is 1. The highest BCUT2D eigenvalue weighted by atomic mass is 79.9. The van der Waals surface area contributed by atoms with Gasteiger partial charge in [0.25, 0.3) is 5.91 Å². The second-order valence-corrected chi connectivity index (χ2v) is 5.03. The maximum atomic E-state index is 11.8. The summed E-state index contributed by atoms with van der Waals surface area (Å²) in [6.45, 7) is 0.809. The second kappa shape index (κ2) is 8.68. The summed E-state index contributed by atoms with van der Waals surface area (Å²) in [5.74, 6) is -0.495. The van der Waals surface area contributed by atoms with Crippen LogP contribution < -0.4 is 16.4 Å². The van der Waals surface area contributed by atoms with Crippen LogP contribution in [0, 0.1) is 0 Å². The number of hydrogen-bond acceptors (Lipinski definition) is 4. The molecule has 1 aromatic carbocycles. The molecule has 0 aliphatic heterocycles. The zero-order valence-electron chi connectivity index (χ0n) is 11.2. The Morgan fingerprint density at radius 1 is 1.35 bits per heavy atom. The SMILES string of the molecule is COCC(N)C(=O)NCCNC(=O)c1cccc(Br)c1. The summed E-state index contributed by atoms with van der Waals surface area (Å²) < 4.78 is 5.62. The number of halogens is 1. The lowest BCUT2D eigenvalue weighted by Crippen LogP contribution is -2.45. The van der Waals surface area contributed by atoms with Gasteiger partial charge in [-0.25, -0.2) is 0 Å². The van der Waals surface area contributed by atoms with Crippen LogP contribution >= 0.6 is 15.9 Å². The first kappa shape index (κ1) is 16.6. The Hall–Kier alpha value is -1.44. The van der Waals surface area contributed by atoms with E-state index < -0.39 is 6.04 Å². The molecule has 1 aromatic rings. The monoisotopic (exact) mass is 343 g/mol. The molecule has 0 aromatic heterocycles. The van der Waals surface area contributed by atoms with Crippen LogP contribution in [0.5, 0.6) is 0 Å². The largest absolute Gasteiger partial charge is 0.383 e. The molecule has 1 unspecified atom stereocenters. The minimum absolute atomic E-state index is 0.163. The second-order valence-electron chi connectivity index (χ2n) is 4.12. The molecule has 0 spiro atoms. The van der Waals surface area contributed by atoms with Crippen LogP contribution in [0.25, 0.3) is 0 Å². The Kier molecular flexibility index (Phi) is 7.21. The van der Waals surface area contributed by atoms with Crippen molar-refractivity contribution in [3.8, 4) is 0 Å². The summed E-state index contributed by atoms with van der Waals surface area (Å²) >= 11 is 3.30. The van der Waals surface area contributed by atoms with Crippen molar-refractivity contribution in [2.45, 2.75) is 6.04 Å². The number of nitrogens with one attached hydrogen (secondary N) is 2. The topological polar surface area (TPSA) is 93.4 Å². The minimum atomic E-state index is -0.694. The molecule has 6 nitrogen and oxygen atoms in total. The van der Waals surface area contributed by atoms with E-state index in [4.69, 9.17) is 10.5 Å². The molecule has 1 atom stereocenters. The standard InChI is InChI=1S/C13H18BrN3O3/c1-20-8-11(15)13(19)17-6-5-16-12(18)9-3-2-4-10(14)7-9/h2-4,7,11H,5-6,8,15H2,1H3,(H,16,18)(H,17,19). The third kappa shape index (κ3) is 5.68. The molecular formula is C13H18BrN3O3. The molecule has 0 radical (unpaired) electrons. The predicted molar refractivity (Wildman–Crippen MR) is 79.3 cm³/mol. The van der Waals surface area contributed by atoms with Crippen molar-refractivity contribution in [2.24, 2.45) is 5.73 Å². The van der Waals surface area contributed by atoms with Gasteiger partial charge in [0.05, 0.1) is 6.61 Å². The molecule has 2 amide bonds. The molecule has 0 fully saturated rings. The van der Waals surface area contributed by atoms with E-state index in [2.05, 4.69) is 26.6 Å². The average Bonchev–Trinajstić information content (AvgIpc) is 2.43. The van der Waals surface area contributed by atoms with E-state index >= 15 is 0 Å². The molecule has 4 N–H and O–H groups in total. The van der Waals surface area contributed by atoms with Crippen LogP contribution in [-0.4, -0.2) is 44.7 Å². The van der Waals surface area contributed by atoms with Crippen molar-refractivity contribution in [1.82, 2.24) is 10.6 Å².